The average Bonchev–Trinajstić information content (AvgIpc) is 2.18. The number of rotatable bonds is 4. The molecule has 0 saturated heterocycles. The van der Waals surface area contributed by atoms with Gasteiger partial charge in [0.2, 0.25) is 0 Å². The highest BCUT2D eigenvalue weighted by Crippen LogP contribution is 2.35. The zero-order valence-electron chi connectivity index (χ0n) is 9.20. The van der Waals surface area contributed by atoms with Crippen molar-refractivity contribution in [1.29, 1.82) is 0 Å². The molecule has 0 spiro atoms. The third kappa shape index (κ3) is 3.44. The molecule has 0 radical (unpaired) electrons. The first kappa shape index (κ1) is 12.4. The molecule has 4 heteroatoms. The summed E-state index contributed by atoms with van der Waals surface area (Å²) in [6, 6.07) is 7.16. The summed E-state index contributed by atoms with van der Waals surface area (Å²) < 4.78 is 16.8. The normalized spacial score (nSPS) is 13.7. The van der Waals surface area contributed by atoms with Crippen molar-refractivity contribution in [3.8, 4) is 5.75 Å². The van der Waals surface area contributed by atoms with Crippen LogP contribution >= 0.6 is 8.69 Å². The Kier molecular flexibility index (Phi) is 4.06. The molecule has 1 unspecified atom stereocenters. The summed E-state index contributed by atoms with van der Waals surface area (Å²) in [7, 11) is -2.82. The molecule has 2 nitrogen and oxygen atoms in total. The molecule has 0 aliphatic carbocycles. The quantitative estimate of drug-likeness (QED) is 0.794. The van der Waals surface area contributed by atoms with Crippen molar-refractivity contribution in [2.45, 2.75) is 32.6 Å². The van der Waals surface area contributed by atoms with Crippen molar-refractivity contribution in [3.63, 3.8) is 0 Å². The summed E-state index contributed by atoms with van der Waals surface area (Å²) in [5.74, 6) is 0.363. The maximum Gasteiger partial charge on any atom is 0.436 e. The largest absolute Gasteiger partial charge is 0.436 e. The standard InChI is InChI=1S/C11H16FO2P/c1-4-11(2,3)9-5-7-10(8-6-9)14-15(12)13/h5-8,13H,4H2,1-3H3. The lowest BCUT2D eigenvalue weighted by atomic mass is 9.82. The van der Waals surface area contributed by atoms with Crippen LogP contribution < -0.4 is 4.52 Å². The van der Waals surface area contributed by atoms with Crippen molar-refractivity contribution >= 4 is 8.69 Å². The second kappa shape index (κ2) is 4.91. The van der Waals surface area contributed by atoms with Crippen molar-refractivity contribution < 1.29 is 13.6 Å². The molecule has 15 heavy (non-hydrogen) atoms. The van der Waals surface area contributed by atoms with Crippen molar-refractivity contribution in [3.05, 3.63) is 29.8 Å². The Morgan fingerprint density at radius 1 is 1.33 bits per heavy atom. The predicted octanol–water partition coefficient (Wildman–Crippen LogP) is 3.94. The Balaban J connectivity index is 2.81. The van der Waals surface area contributed by atoms with Gasteiger partial charge in [0.25, 0.3) is 0 Å². The zero-order chi connectivity index (χ0) is 11.5. The van der Waals surface area contributed by atoms with E-state index < -0.39 is 8.69 Å². The van der Waals surface area contributed by atoms with E-state index in [0.717, 1.165) is 6.42 Å². The van der Waals surface area contributed by atoms with E-state index in [4.69, 9.17) is 4.89 Å². The van der Waals surface area contributed by atoms with Gasteiger partial charge in [-0.15, -0.1) is 4.20 Å². The Bertz CT molecular complexity index is 309. The molecule has 0 fully saturated rings. The van der Waals surface area contributed by atoms with Gasteiger partial charge in [-0.2, -0.15) is 0 Å². The van der Waals surface area contributed by atoms with Crippen LogP contribution in [0.3, 0.4) is 0 Å². The van der Waals surface area contributed by atoms with E-state index in [0.29, 0.717) is 5.75 Å². The third-order valence-electron chi connectivity index (χ3n) is 2.70. The van der Waals surface area contributed by atoms with Gasteiger partial charge < -0.3 is 9.42 Å². The van der Waals surface area contributed by atoms with Crippen LogP contribution in [0.4, 0.5) is 4.20 Å². The van der Waals surface area contributed by atoms with Gasteiger partial charge in [0.15, 0.2) is 0 Å². The van der Waals surface area contributed by atoms with E-state index in [-0.39, 0.29) is 5.41 Å². The molecular weight excluding hydrogens is 214 g/mol. The molecule has 0 amide bonds. The van der Waals surface area contributed by atoms with Crippen molar-refractivity contribution in [2.75, 3.05) is 0 Å². The second-order valence-corrected chi connectivity index (χ2v) is 4.71. The summed E-state index contributed by atoms with van der Waals surface area (Å²) in [4.78, 5) is 8.46. The van der Waals surface area contributed by atoms with E-state index in [2.05, 4.69) is 25.3 Å². The maximum absolute atomic E-state index is 12.2. The van der Waals surface area contributed by atoms with Gasteiger partial charge in [-0.1, -0.05) is 32.9 Å². The fraction of sp³-hybridized carbons (Fsp3) is 0.455. The Hall–Kier alpha value is -0.660. The minimum atomic E-state index is -2.82. The molecule has 84 valence electrons. The van der Waals surface area contributed by atoms with Crippen LogP contribution in [0, 0.1) is 0 Å². The van der Waals surface area contributed by atoms with Gasteiger partial charge >= 0.3 is 8.69 Å². The first-order valence-electron chi connectivity index (χ1n) is 4.89. The molecule has 1 atom stereocenters. The van der Waals surface area contributed by atoms with Gasteiger partial charge in [0, 0.05) is 0 Å². The summed E-state index contributed by atoms with van der Waals surface area (Å²) in [5, 5.41) is 0. The summed E-state index contributed by atoms with van der Waals surface area (Å²) in [6.45, 7) is 6.42. The lowest BCUT2D eigenvalue weighted by molar-refractivity contribution is 0.433. The molecule has 0 heterocycles. The lowest BCUT2D eigenvalue weighted by Crippen LogP contribution is -2.14. The third-order valence-corrected chi connectivity index (χ3v) is 3.06. The van der Waals surface area contributed by atoms with Crippen molar-refractivity contribution in [2.24, 2.45) is 0 Å². The van der Waals surface area contributed by atoms with Crippen molar-refractivity contribution in [1.82, 2.24) is 0 Å². The zero-order valence-corrected chi connectivity index (χ0v) is 10.1. The second-order valence-electron chi connectivity index (χ2n) is 4.08. The van der Waals surface area contributed by atoms with E-state index in [1.165, 1.54) is 5.56 Å². The topological polar surface area (TPSA) is 29.5 Å². The molecule has 1 aromatic carbocycles. The molecule has 0 saturated carbocycles. The van der Waals surface area contributed by atoms with Gasteiger partial charge in [-0.3, -0.25) is 0 Å². The van der Waals surface area contributed by atoms with E-state index in [9.17, 15) is 4.20 Å². The van der Waals surface area contributed by atoms with Crippen LogP contribution in [0.1, 0.15) is 32.8 Å². The van der Waals surface area contributed by atoms with Gasteiger partial charge in [-0.25, -0.2) is 0 Å². The highest BCUT2D eigenvalue weighted by molar-refractivity contribution is 7.40. The van der Waals surface area contributed by atoms with Crippen LogP contribution in [-0.2, 0) is 5.41 Å². The van der Waals surface area contributed by atoms with E-state index in [1.807, 2.05) is 12.1 Å². The molecule has 0 aromatic heterocycles. The van der Waals surface area contributed by atoms with Crippen LogP contribution in [0.2, 0.25) is 0 Å². The Morgan fingerprint density at radius 3 is 2.27 bits per heavy atom. The SMILES string of the molecule is CCC(C)(C)c1ccc(OP(O)F)cc1. The highest BCUT2D eigenvalue weighted by atomic mass is 31.2. The predicted molar refractivity (Wildman–Crippen MR) is 60.6 cm³/mol. The van der Waals surface area contributed by atoms with Gasteiger partial charge in [0.05, 0.1) is 0 Å². The number of hydrogen-bond donors (Lipinski definition) is 1. The molecular formula is C11H16FO2P. The fourth-order valence-corrected chi connectivity index (χ4v) is 1.55. The highest BCUT2D eigenvalue weighted by Gasteiger charge is 2.17. The number of hydrogen-bond acceptors (Lipinski definition) is 2. The van der Waals surface area contributed by atoms with Crippen LogP contribution in [0.15, 0.2) is 24.3 Å². The number of halogens is 1. The van der Waals surface area contributed by atoms with Gasteiger partial charge in [0.1, 0.15) is 5.75 Å². The Morgan fingerprint density at radius 2 is 1.87 bits per heavy atom. The minimum absolute atomic E-state index is 0.109. The molecule has 1 N–H and O–H groups in total. The van der Waals surface area contributed by atoms with Crippen LogP contribution in [0.25, 0.3) is 0 Å². The molecule has 1 rings (SSSR count). The molecule has 0 aliphatic rings. The first-order chi connectivity index (χ1) is 6.95. The van der Waals surface area contributed by atoms with E-state index in [1.54, 1.807) is 12.1 Å². The monoisotopic (exact) mass is 230 g/mol. The van der Waals surface area contributed by atoms with Crippen LogP contribution in [-0.4, -0.2) is 4.89 Å². The maximum atomic E-state index is 12.2. The number of benzene rings is 1. The smallest absolute Gasteiger partial charge is 0.424 e. The van der Waals surface area contributed by atoms with E-state index >= 15 is 0 Å². The summed E-state index contributed by atoms with van der Waals surface area (Å²) >= 11 is 0. The molecule has 1 aromatic rings. The summed E-state index contributed by atoms with van der Waals surface area (Å²) in [5.41, 5.74) is 1.29. The molecule has 0 bridgehead atoms. The average molecular weight is 230 g/mol. The molecule has 0 aliphatic heterocycles. The lowest BCUT2D eigenvalue weighted by Gasteiger charge is -2.23. The fourth-order valence-electron chi connectivity index (χ4n) is 1.26. The first-order valence-corrected chi connectivity index (χ1v) is 5.99. The van der Waals surface area contributed by atoms with Crippen LogP contribution in [0.5, 0.6) is 5.75 Å². The van der Waals surface area contributed by atoms with Gasteiger partial charge in [-0.05, 0) is 29.5 Å². The Labute approximate surface area is 91.1 Å². The minimum Gasteiger partial charge on any atom is -0.424 e. The summed E-state index contributed by atoms with van der Waals surface area (Å²) in [6.07, 6.45) is 1.03.